The van der Waals surface area contributed by atoms with E-state index >= 15 is 0 Å². The maximum absolute atomic E-state index is 13.2. The minimum absolute atomic E-state index is 0.00329. The first-order chi connectivity index (χ1) is 13.1. The number of hydrogen-bond acceptors (Lipinski definition) is 2. The van der Waals surface area contributed by atoms with Crippen LogP contribution in [0.15, 0.2) is 35.9 Å². The molecule has 2 amide bonds. The number of hydrogen-bond donors (Lipinski definition) is 2. The van der Waals surface area contributed by atoms with Gasteiger partial charge in [-0.05, 0) is 76.0 Å². The summed E-state index contributed by atoms with van der Waals surface area (Å²) in [5, 5.41) is 5.85. The first-order valence-corrected chi connectivity index (χ1v) is 10.1. The molecule has 0 heterocycles. The molecule has 1 saturated carbocycles. The highest BCUT2D eigenvalue weighted by molar-refractivity contribution is 5.92. The lowest BCUT2D eigenvalue weighted by molar-refractivity contribution is -0.128. The van der Waals surface area contributed by atoms with Crippen molar-refractivity contribution >= 4 is 17.5 Å². The molecular weight excluding hydrogens is 343 g/mol. The minimum Gasteiger partial charge on any atom is -0.356 e. The van der Waals surface area contributed by atoms with Gasteiger partial charge in [0.15, 0.2) is 0 Å². The largest absolute Gasteiger partial charge is 0.356 e. The van der Waals surface area contributed by atoms with Crippen LogP contribution in [0.4, 0.5) is 10.1 Å². The number of rotatable bonds is 6. The number of carbonyl (C=O) groups excluding carboxylic acids is 2. The van der Waals surface area contributed by atoms with E-state index in [1.807, 2.05) is 0 Å². The average Bonchev–Trinajstić information content (AvgIpc) is 2.69. The quantitative estimate of drug-likeness (QED) is 0.718. The van der Waals surface area contributed by atoms with Crippen LogP contribution in [0.5, 0.6) is 0 Å². The Morgan fingerprint density at radius 3 is 2.44 bits per heavy atom. The molecule has 0 bridgehead atoms. The second-order valence-corrected chi connectivity index (χ2v) is 7.70. The van der Waals surface area contributed by atoms with Crippen molar-refractivity contribution in [3.8, 4) is 0 Å². The normalized spacial score (nSPS) is 22.6. The van der Waals surface area contributed by atoms with Crippen molar-refractivity contribution in [3.05, 3.63) is 41.7 Å². The number of allylic oxidation sites excluding steroid dienone is 1. The predicted octanol–water partition coefficient (Wildman–Crippen LogP) is 4.58. The Morgan fingerprint density at radius 1 is 1.04 bits per heavy atom. The molecule has 1 aromatic rings. The summed E-state index contributed by atoms with van der Waals surface area (Å²) in [5.41, 5.74) is 1.95. The van der Waals surface area contributed by atoms with E-state index in [-0.39, 0.29) is 29.5 Å². The van der Waals surface area contributed by atoms with Gasteiger partial charge in [-0.15, -0.1) is 0 Å². The molecule has 1 aromatic carbocycles. The third-order valence-electron chi connectivity index (χ3n) is 5.69. The smallest absolute Gasteiger partial charge is 0.227 e. The molecule has 2 aliphatic carbocycles. The number of anilines is 1. The molecule has 3 rings (SSSR count). The Labute approximate surface area is 160 Å². The van der Waals surface area contributed by atoms with Gasteiger partial charge < -0.3 is 10.6 Å². The zero-order valence-corrected chi connectivity index (χ0v) is 15.8. The van der Waals surface area contributed by atoms with Gasteiger partial charge in [0, 0.05) is 24.1 Å². The van der Waals surface area contributed by atoms with Crippen molar-refractivity contribution in [1.82, 2.24) is 5.32 Å². The minimum atomic E-state index is -0.364. The van der Waals surface area contributed by atoms with Crippen molar-refractivity contribution in [2.75, 3.05) is 11.9 Å². The summed E-state index contributed by atoms with van der Waals surface area (Å²) in [6.45, 7) is 0.713. The molecule has 0 saturated heterocycles. The summed E-state index contributed by atoms with van der Waals surface area (Å²) in [7, 11) is 0. The highest BCUT2D eigenvalue weighted by atomic mass is 19.1. The van der Waals surface area contributed by atoms with Crippen molar-refractivity contribution in [2.45, 2.75) is 57.8 Å². The van der Waals surface area contributed by atoms with Crippen LogP contribution in [0.25, 0.3) is 0 Å². The fourth-order valence-corrected chi connectivity index (χ4v) is 4.05. The molecule has 0 radical (unpaired) electrons. The molecule has 0 aliphatic heterocycles. The van der Waals surface area contributed by atoms with E-state index < -0.39 is 0 Å². The molecule has 2 N–H and O–H groups in total. The fraction of sp³-hybridized carbons (Fsp3) is 0.545. The molecule has 0 unspecified atom stereocenters. The van der Waals surface area contributed by atoms with E-state index in [1.165, 1.54) is 43.4 Å². The van der Waals surface area contributed by atoms with Gasteiger partial charge in [-0.2, -0.15) is 0 Å². The molecule has 2 aliphatic rings. The van der Waals surface area contributed by atoms with E-state index in [0.29, 0.717) is 25.1 Å². The SMILES string of the molecule is O=C(NCCC1=CCCCC1)C1CCC(C(=O)Nc2cccc(F)c2)CC1. The Morgan fingerprint density at radius 2 is 1.78 bits per heavy atom. The van der Waals surface area contributed by atoms with Gasteiger partial charge in [0.1, 0.15) is 5.82 Å². The van der Waals surface area contributed by atoms with Crippen molar-refractivity contribution in [3.63, 3.8) is 0 Å². The first-order valence-electron chi connectivity index (χ1n) is 10.1. The number of nitrogens with one attached hydrogen (secondary N) is 2. The van der Waals surface area contributed by atoms with E-state index in [9.17, 15) is 14.0 Å². The molecule has 5 heteroatoms. The van der Waals surface area contributed by atoms with Crippen molar-refractivity contribution in [2.24, 2.45) is 11.8 Å². The molecule has 27 heavy (non-hydrogen) atoms. The number of amides is 2. The lowest BCUT2D eigenvalue weighted by atomic mass is 9.81. The van der Waals surface area contributed by atoms with Crippen LogP contribution in [0.3, 0.4) is 0 Å². The zero-order chi connectivity index (χ0) is 19.1. The van der Waals surface area contributed by atoms with Gasteiger partial charge in [-0.1, -0.05) is 17.7 Å². The summed E-state index contributed by atoms with van der Waals surface area (Å²) in [6.07, 6.45) is 11.0. The van der Waals surface area contributed by atoms with E-state index in [1.54, 1.807) is 12.1 Å². The second-order valence-electron chi connectivity index (χ2n) is 7.70. The summed E-state index contributed by atoms with van der Waals surface area (Å²) in [4.78, 5) is 24.7. The molecule has 0 aromatic heterocycles. The summed E-state index contributed by atoms with van der Waals surface area (Å²) in [5.74, 6) is -0.426. The topological polar surface area (TPSA) is 58.2 Å². The molecule has 0 spiro atoms. The van der Waals surface area contributed by atoms with Gasteiger partial charge in [0.05, 0.1) is 0 Å². The first kappa shape index (κ1) is 19.6. The Hall–Kier alpha value is -2.17. The molecular formula is C22H29FN2O2. The van der Waals surface area contributed by atoms with E-state index in [4.69, 9.17) is 0 Å². The van der Waals surface area contributed by atoms with Gasteiger partial charge in [0.25, 0.3) is 0 Å². The van der Waals surface area contributed by atoms with Crippen LogP contribution < -0.4 is 10.6 Å². The second kappa shape index (κ2) is 9.67. The maximum atomic E-state index is 13.2. The van der Waals surface area contributed by atoms with Crippen LogP contribution in [0.2, 0.25) is 0 Å². The van der Waals surface area contributed by atoms with Crippen LogP contribution in [0.1, 0.15) is 57.8 Å². The predicted molar refractivity (Wildman–Crippen MR) is 105 cm³/mol. The number of benzene rings is 1. The lowest BCUT2D eigenvalue weighted by Crippen LogP contribution is -2.36. The highest BCUT2D eigenvalue weighted by Gasteiger charge is 2.29. The summed E-state index contributed by atoms with van der Waals surface area (Å²) in [6, 6.07) is 5.93. The third-order valence-corrected chi connectivity index (χ3v) is 5.69. The van der Waals surface area contributed by atoms with Crippen LogP contribution in [-0.4, -0.2) is 18.4 Å². The van der Waals surface area contributed by atoms with E-state index in [2.05, 4.69) is 16.7 Å². The summed E-state index contributed by atoms with van der Waals surface area (Å²) < 4.78 is 13.2. The number of halogens is 1. The highest BCUT2D eigenvalue weighted by Crippen LogP contribution is 2.30. The number of carbonyl (C=O) groups is 2. The van der Waals surface area contributed by atoms with Crippen molar-refractivity contribution < 1.29 is 14.0 Å². The van der Waals surface area contributed by atoms with E-state index in [0.717, 1.165) is 19.3 Å². The molecule has 4 nitrogen and oxygen atoms in total. The molecule has 1 fully saturated rings. The van der Waals surface area contributed by atoms with Crippen molar-refractivity contribution in [1.29, 1.82) is 0 Å². The van der Waals surface area contributed by atoms with Gasteiger partial charge in [0.2, 0.25) is 11.8 Å². The molecule has 0 atom stereocenters. The molecule has 146 valence electrons. The zero-order valence-electron chi connectivity index (χ0n) is 15.8. The Balaban J connectivity index is 1.38. The van der Waals surface area contributed by atoms with Gasteiger partial charge in [-0.3, -0.25) is 9.59 Å². The summed E-state index contributed by atoms with van der Waals surface area (Å²) >= 11 is 0. The lowest BCUT2D eigenvalue weighted by Gasteiger charge is -2.27. The van der Waals surface area contributed by atoms with Gasteiger partial charge >= 0.3 is 0 Å². The van der Waals surface area contributed by atoms with Crippen LogP contribution in [-0.2, 0) is 9.59 Å². The Kier molecular flexibility index (Phi) is 7.02. The Bertz CT molecular complexity index is 693. The van der Waals surface area contributed by atoms with Crippen LogP contribution >= 0.6 is 0 Å². The third kappa shape index (κ3) is 5.91. The fourth-order valence-electron chi connectivity index (χ4n) is 4.05. The average molecular weight is 372 g/mol. The van der Waals surface area contributed by atoms with Crippen LogP contribution in [0, 0.1) is 17.7 Å². The monoisotopic (exact) mass is 372 g/mol. The van der Waals surface area contributed by atoms with Gasteiger partial charge in [-0.25, -0.2) is 4.39 Å². The standard InChI is InChI=1S/C22H29FN2O2/c23-19-7-4-8-20(15-19)25-22(27)18-11-9-17(10-12-18)21(26)24-14-13-16-5-2-1-3-6-16/h4-5,7-8,15,17-18H,1-3,6,9-14H2,(H,24,26)(H,25,27). The maximum Gasteiger partial charge on any atom is 0.227 e.